The number of nitrogens with zero attached hydrogens (tertiary/aromatic N) is 2. The molecule has 118 valence electrons. The van der Waals surface area contributed by atoms with Gasteiger partial charge in [-0.2, -0.15) is 0 Å². The Kier molecular flexibility index (Phi) is 6.51. The predicted octanol–water partition coefficient (Wildman–Crippen LogP) is 3.02. The first-order valence-electron chi connectivity index (χ1n) is 7.92. The van der Waals surface area contributed by atoms with Crippen LogP contribution in [0.15, 0.2) is 16.4 Å². The van der Waals surface area contributed by atoms with Gasteiger partial charge in [0.15, 0.2) is 5.96 Å². The lowest BCUT2D eigenvalue weighted by atomic mass is 10.1. The standard InChI is InChI=1S/C16H27N3OS/c1-4-17-16(18-12-15-13(3)8-11-21-15)19-9-6-14(7-10-19)20-5-2/h8,11,14H,4-7,9-10,12H2,1-3H3,(H,17,18). The van der Waals surface area contributed by atoms with E-state index in [0.717, 1.165) is 51.6 Å². The van der Waals surface area contributed by atoms with E-state index in [0.29, 0.717) is 6.10 Å². The molecule has 1 aromatic heterocycles. The van der Waals surface area contributed by atoms with Crippen LogP contribution < -0.4 is 5.32 Å². The molecule has 5 heteroatoms. The number of nitrogens with one attached hydrogen (secondary N) is 1. The Morgan fingerprint density at radius 3 is 2.76 bits per heavy atom. The molecule has 0 aromatic carbocycles. The molecule has 0 atom stereocenters. The molecular formula is C16H27N3OS. The summed E-state index contributed by atoms with van der Waals surface area (Å²) in [5, 5.41) is 5.56. The molecule has 0 unspecified atom stereocenters. The van der Waals surface area contributed by atoms with Crippen molar-refractivity contribution in [2.24, 2.45) is 4.99 Å². The summed E-state index contributed by atoms with van der Waals surface area (Å²) >= 11 is 1.79. The lowest BCUT2D eigenvalue weighted by molar-refractivity contribution is 0.0263. The number of hydrogen-bond donors (Lipinski definition) is 1. The topological polar surface area (TPSA) is 36.9 Å². The van der Waals surface area contributed by atoms with Gasteiger partial charge in [-0.25, -0.2) is 4.99 Å². The van der Waals surface area contributed by atoms with Crippen LogP contribution in [0.4, 0.5) is 0 Å². The molecule has 21 heavy (non-hydrogen) atoms. The number of piperidine rings is 1. The minimum absolute atomic E-state index is 0.425. The van der Waals surface area contributed by atoms with Gasteiger partial charge in [-0.05, 0) is 50.6 Å². The van der Waals surface area contributed by atoms with Crippen molar-refractivity contribution in [1.29, 1.82) is 0 Å². The van der Waals surface area contributed by atoms with Crippen molar-refractivity contribution in [2.45, 2.75) is 46.3 Å². The van der Waals surface area contributed by atoms with Crippen molar-refractivity contribution in [3.05, 3.63) is 21.9 Å². The summed E-state index contributed by atoms with van der Waals surface area (Å²) < 4.78 is 5.72. The van der Waals surface area contributed by atoms with Gasteiger partial charge in [0.1, 0.15) is 0 Å². The van der Waals surface area contributed by atoms with E-state index in [9.17, 15) is 0 Å². The molecule has 0 amide bonds. The van der Waals surface area contributed by atoms with Gasteiger partial charge in [0.25, 0.3) is 0 Å². The Labute approximate surface area is 132 Å². The maximum Gasteiger partial charge on any atom is 0.194 e. The number of likely N-dealkylation sites (tertiary alicyclic amines) is 1. The van der Waals surface area contributed by atoms with Gasteiger partial charge in [0, 0.05) is 31.1 Å². The van der Waals surface area contributed by atoms with Crippen molar-refractivity contribution in [2.75, 3.05) is 26.2 Å². The van der Waals surface area contributed by atoms with E-state index in [-0.39, 0.29) is 0 Å². The average molecular weight is 309 g/mol. The molecule has 1 saturated heterocycles. The summed E-state index contributed by atoms with van der Waals surface area (Å²) in [5.41, 5.74) is 1.34. The van der Waals surface area contributed by atoms with Crippen molar-refractivity contribution in [3.63, 3.8) is 0 Å². The highest BCUT2D eigenvalue weighted by atomic mass is 32.1. The summed E-state index contributed by atoms with van der Waals surface area (Å²) in [4.78, 5) is 8.53. The predicted molar refractivity (Wildman–Crippen MR) is 90.1 cm³/mol. The lowest BCUT2D eigenvalue weighted by Gasteiger charge is -2.34. The summed E-state index contributed by atoms with van der Waals surface area (Å²) in [6, 6.07) is 2.16. The second-order valence-corrected chi connectivity index (χ2v) is 6.34. The second-order valence-electron chi connectivity index (χ2n) is 5.34. The van der Waals surface area contributed by atoms with E-state index >= 15 is 0 Å². The van der Waals surface area contributed by atoms with Gasteiger partial charge >= 0.3 is 0 Å². The van der Waals surface area contributed by atoms with Crippen LogP contribution in [0.1, 0.15) is 37.1 Å². The fourth-order valence-corrected chi connectivity index (χ4v) is 3.44. The third-order valence-electron chi connectivity index (χ3n) is 3.82. The van der Waals surface area contributed by atoms with Crippen molar-refractivity contribution < 1.29 is 4.74 Å². The highest BCUT2D eigenvalue weighted by Gasteiger charge is 2.21. The molecule has 2 heterocycles. The summed E-state index contributed by atoms with van der Waals surface area (Å²) in [6.07, 6.45) is 2.61. The number of guanidine groups is 1. The van der Waals surface area contributed by atoms with E-state index in [4.69, 9.17) is 9.73 Å². The molecule has 0 saturated carbocycles. The average Bonchev–Trinajstić information content (AvgIpc) is 2.90. The van der Waals surface area contributed by atoms with Gasteiger partial charge < -0.3 is 15.0 Å². The van der Waals surface area contributed by atoms with E-state index in [1.54, 1.807) is 11.3 Å². The first kappa shape index (κ1) is 16.3. The molecule has 0 bridgehead atoms. The summed E-state index contributed by atoms with van der Waals surface area (Å²) in [6.45, 7) is 10.9. The van der Waals surface area contributed by atoms with Crippen molar-refractivity contribution >= 4 is 17.3 Å². The Bertz CT molecular complexity index is 450. The molecule has 0 spiro atoms. The van der Waals surface area contributed by atoms with Crippen LogP contribution in [0.5, 0.6) is 0 Å². The number of rotatable bonds is 5. The molecule has 0 radical (unpaired) electrons. The SMILES string of the molecule is CCNC(=NCc1sccc1C)N1CCC(OCC)CC1. The first-order valence-corrected chi connectivity index (χ1v) is 8.80. The van der Waals surface area contributed by atoms with E-state index < -0.39 is 0 Å². The fraction of sp³-hybridized carbons (Fsp3) is 0.688. The maximum atomic E-state index is 5.72. The number of aliphatic imine (C=N–C) groups is 1. The monoisotopic (exact) mass is 309 g/mol. The molecule has 2 rings (SSSR count). The molecule has 4 nitrogen and oxygen atoms in total. The zero-order valence-electron chi connectivity index (χ0n) is 13.4. The van der Waals surface area contributed by atoms with Crippen molar-refractivity contribution in [1.82, 2.24) is 10.2 Å². The Balaban J connectivity index is 1.94. The second kappa shape index (κ2) is 8.39. The van der Waals surface area contributed by atoms with Crippen LogP contribution >= 0.6 is 11.3 Å². The van der Waals surface area contributed by atoms with Gasteiger partial charge in [-0.1, -0.05) is 0 Å². The van der Waals surface area contributed by atoms with Crippen molar-refractivity contribution in [3.8, 4) is 0 Å². The molecule has 1 fully saturated rings. The zero-order chi connectivity index (χ0) is 15.1. The number of thiophene rings is 1. The van der Waals surface area contributed by atoms with Crippen LogP contribution in [-0.2, 0) is 11.3 Å². The number of aryl methyl sites for hydroxylation is 1. The summed E-state index contributed by atoms with van der Waals surface area (Å²) in [7, 11) is 0. The van der Waals surface area contributed by atoms with Gasteiger partial charge in [0.05, 0.1) is 12.6 Å². The van der Waals surface area contributed by atoms with Crippen LogP contribution in [0.3, 0.4) is 0 Å². The smallest absolute Gasteiger partial charge is 0.194 e. The van der Waals surface area contributed by atoms with Crippen LogP contribution in [0.2, 0.25) is 0 Å². The fourth-order valence-electron chi connectivity index (χ4n) is 2.61. The normalized spacial score (nSPS) is 17.3. The highest BCUT2D eigenvalue weighted by Crippen LogP contribution is 2.17. The molecule has 1 aliphatic heterocycles. The molecular weight excluding hydrogens is 282 g/mol. The van der Waals surface area contributed by atoms with Gasteiger partial charge in [-0.3, -0.25) is 0 Å². The molecule has 1 aliphatic rings. The largest absolute Gasteiger partial charge is 0.378 e. The number of hydrogen-bond acceptors (Lipinski definition) is 3. The first-order chi connectivity index (χ1) is 10.2. The van der Waals surface area contributed by atoms with Gasteiger partial charge in [-0.15, -0.1) is 11.3 Å². The molecule has 1 aromatic rings. The van der Waals surface area contributed by atoms with Crippen LogP contribution in [-0.4, -0.2) is 43.2 Å². The third kappa shape index (κ3) is 4.71. The minimum Gasteiger partial charge on any atom is -0.378 e. The lowest BCUT2D eigenvalue weighted by Crippen LogP contribution is -2.47. The van der Waals surface area contributed by atoms with Crippen LogP contribution in [0.25, 0.3) is 0 Å². The molecule has 1 N–H and O–H groups in total. The zero-order valence-corrected chi connectivity index (χ0v) is 14.2. The summed E-state index contributed by atoms with van der Waals surface area (Å²) in [5.74, 6) is 1.04. The Morgan fingerprint density at radius 1 is 1.43 bits per heavy atom. The quantitative estimate of drug-likeness (QED) is 0.671. The Morgan fingerprint density at radius 2 is 2.19 bits per heavy atom. The number of ether oxygens (including phenoxy) is 1. The third-order valence-corrected chi connectivity index (χ3v) is 4.83. The Hall–Kier alpha value is -1.07. The minimum atomic E-state index is 0.425. The van der Waals surface area contributed by atoms with Gasteiger partial charge in [0.2, 0.25) is 0 Å². The maximum absolute atomic E-state index is 5.72. The highest BCUT2D eigenvalue weighted by molar-refractivity contribution is 7.10. The van der Waals surface area contributed by atoms with E-state index in [2.05, 4.69) is 42.4 Å². The van der Waals surface area contributed by atoms with Crippen LogP contribution in [0, 0.1) is 6.92 Å². The molecule has 0 aliphatic carbocycles. The van der Waals surface area contributed by atoms with E-state index in [1.165, 1.54) is 10.4 Å². The van der Waals surface area contributed by atoms with E-state index in [1.807, 2.05) is 0 Å².